The molecule has 3 nitrogen and oxygen atoms in total. The molecule has 3 rings (SSSR count). The van der Waals surface area contributed by atoms with E-state index in [1.54, 1.807) is 0 Å². The van der Waals surface area contributed by atoms with Crippen molar-refractivity contribution in [3.8, 4) is 0 Å². The Morgan fingerprint density at radius 2 is 1.38 bits per heavy atom. The Kier molecular flexibility index (Phi) is 8.17. The van der Waals surface area contributed by atoms with Gasteiger partial charge in [-0.2, -0.15) is 0 Å². The maximum absolute atomic E-state index is 14.9. The molecule has 0 spiro atoms. The van der Waals surface area contributed by atoms with E-state index in [0.717, 1.165) is 16.7 Å². The van der Waals surface area contributed by atoms with Crippen molar-refractivity contribution in [3.63, 3.8) is 0 Å². The predicted molar refractivity (Wildman–Crippen MR) is 153 cm³/mol. The van der Waals surface area contributed by atoms with Crippen LogP contribution in [-0.2, 0) is 14.4 Å². The number of allylic oxidation sites excluding steroid dienone is 7. The number of rotatable bonds is 8. The largest absolute Gasteiger partial charge is 0.298 e. The molecule has 0 saturated heterocycles. The fraction of sp³-hybridized carbons (Fsp3) is 0.500. The normalized spacial score (nSPS) is 28.4. The number of hydrogen-bond acceptors (Lipinski definition) is 3. The van der Waals surface area contributed by atoms with Crippen LogP contribution in [0.2, 0.25) is 0 Å². The molecular formula is C34H44O3. The van der Waals surface area contributed by atoms with Crippen molar-refractivity contribution in [1.82, 2.24) is 0 Å². The van der Waals surface area contributed by atoms with Gasteiger partial charge in [-0.1, -0.05) is 85.7 Å². The molecule has 0 heterocycles. The number of carbonyl (C=O) groups is 3. The topological polar surface area (TPSA) is 51.2 Å². The fourth-order valence-corrected chi connectivity index (χ4v) is 6.59. The summed E-state index contributed by atoms with van der Waals surface area (Å²) in [4.78, 5) is 44.0. The van der Waals surface area contributed by atoms with Crippen molar-refractivity contribution < 1.29 is 14.4 Å². The first-order valence-electron chi connectivity index (χ1n) is 13.5. The minimum atomic E-state index is -1.48. The van der Waals surface area contributed by atoms with Crippen LogP contribution >= 0.6 is 0 Å². The second-order valence-corrected chi connectivity index (χ2v) is 12.4. The summed E-state index contributed by atoms with van der Waals surface area (Å²) in [5.41, 5.74) is 1.18. The van der Waals surface area contributed by atoms with Crippen LogP contribution in [0.25, 0.3) is 5.57 Å². The van der Waals surface area contributed by atoms with Gasteiger partial charge in [-0.25, -0.2) is 0 Å². The Bertz CT molecular complexity index is 1180. The van der Waals surface area contributed by atoms with Gasteiger partial charge in [0, 0.05) is 0 Å². The first-order chi connectivity index (χ1) is 17.2. The number of benzene rings is 1. The van der Waals surface area contributed by atoms with E-state index in [0.29, 0.717) is 31.3 Å². The Hall–Kier alpha value is -2.81. The first kappa shape index (κ1) is 28.8. The second-order valence-electron chi connectivity index (χ2n) is 12.4. The minimum Gasteiger partial charge on any atom is -0.298 e. The molecule has 2 fully saturated rings. The molecule has 4 atom stereocenters. The third-order valence-corrected chi connectivity index (χ3v) is 8.84. The molecule has 2 saturated carbocycles. The van der Waals surface area contributed by atoms with E-state index < -0.39 is 22.2 Å². The van der Waals surface area contributed by atoms with Crippen LogP contribution in [0.1, 0.15) is 86.6 Å². The maximum Gasteiger partial charge on any atom is 0.165 e. The van der Waals surface area contributed by atoms with Gasteiger partial charge in [-0.15, -0.1) is 0 Å². The summed E-state index contributed by atoms with van der Waals surface area (Å²) in [6, 6.07) is 9.59. The van der Waals surface area contributed by atoms with E-state index in [-0.39, 0.29) is 23.3 Å². The lowest BCUT2D eigenvalue weighted by Gasteiger charge is -2.62. The van der Waals surface area contributed by atoms with E-state index in [1.165, 1.54) is 5.57 Å². The van der Waals surface area contributed by atoms with Crippen LogP contribution in [0.15, 0.2) is 71.9 Å². The van der Waals surface area contributed by atoms with E-state index >= 15 is 0 Å². The van der Waals surface area contributed by atoms with E-state index in [2.05, 4.69) is 40.3 Å². The number of fused-ring (bicyclic) bond motifs is 2. The number of hydrogen-bond donors (Lipinski definition) is 0. The molecule has 0 radical (unpaired) electrons. The van der Waals surface area contributed by atoms with Crippen LogP contribution in [-0.4, -0.2) is 17.3 Å². The van der Waals surface area contributed by atoms with E-state index in [9.17, 15) is 14.4 Å². The Balaban J connectivity index is 2.40. The quantitative estimate of drug-likeness (QED) is 0.267. The smallest absolute Gasteiger partial charge is 0.165 e. The molecular weight excluding hydrogens is 456 g/mol. The van der Waals surface area contributed by atoms with Gasteiger partial charge in [-0.05, 0) is 89.7 Å². The van der Waals surface area contributed by atoms with Crippen molar-refractivity contribution in [2.45, 2.75) is 81.1 Å². The third kappa shape index (κ3) is 4.67. The van der Waals surface area contributed by atoms with Crippen molar-refractivity contribution in [2.24, 2.45) is 28.1 Å². The van der Waals surface area contributed by atoms with Crippen molar-refractivity contribution in [1.29, 1.82) is 0 Å². The zero-order valence-electron chi connectivity index (χ0n) is 24.0. The van der Waals surface area contributed by atoms with Gasteiger partial charge in [0.15, 0.2) is 17.3 Å². The summed E-state index contributed by atoms with van der Waals surface area (Å²) in [7, 11) is 0. The molecule has 37 heavy (non-hydrogen) atoms. The first-order valence-corrected chi connectivity index (χ1v) is 13.5. The molecule has 2 unspecified atom stereocenters. The standard InChI is InChI=1S/C34H44O3/c1-22(2)15-17-27-21-33(20-19-24(5)6)29(35)28(18-16-23(3)4)30(36)34(31(33)37,32(27,8)9)25(7)26-13-11-10-12-14-26/h10-16,19,27-28H,7,17-18,20-21H2,1-6,8-9H3/t27-,28?,33+,34?/m0/s1. The summed E-state index contributed by atoms with van der Waals surface area (Å²) >= 11 is 0. The fourth-order valence-electron chi connectivity index (χ4n) is 6.59. The van der Waals surface area contributed by atoms with Crippen LogP contribution < -0.4 is 0 Å². The lowest BCUT2D eigenvalue weighted by atomic mass is 9.37. The van der Waals surface area contributed by atoms with Crippen LogP contribution in [0.4, 0.5) is 0 Å². The van der Waals surface area contributed by atoms with Gasteiger partial charge in [0.25, 0.3) is 0 Å². The summed E-state index contributed by atoms with van der Waals surface area (Å²) in [5, 5.41) is 0. The number of carbonyl (C=O) groups excluding carboxylic acids is 3. The molecule has 1 aromatic carbocycles. The molecule has 2 bridgehead atoms. The van der Waals surface area contributed by atoms with Crippen LogP contribution in [0.5, 0.6) is 0 Å². The number of Topliss-reactive ketones (excluding diaryl/α,β-unsaturated/α-hetero) is 3. The molecule has 2 aliphatic rings. The Morgan fingerprint density at radius 3 is 1.92 bits per heavy atom. The Labute approximate surface area is 223 Å². The second kappa shape index (κ2) is 10.5. The zero-order valence-corrected chi connectivity index (χ0v) is 24.0. The zero-order chi connectivity index (χ0) is 27.8. The average molecular weight is 501 g/mol. The van der Waals surface area contributed by atoms with E-state index in [1.807, 2.05) is 70.2 Å². The van der Waals surface area contributed by atoms with Gasteiger partial charge in [0.05, 0.1) is 11.3 Å². The van der Waals surface area contributed by atoms with Crippen molar-refractivity contribution in [2.75, 3.05) is 0 Å². The van der Waals surface area contributed by atoms with Crippen LogP contribution in [0.3, 0.4) is 0 Å². The van der Waals surface area contributed by atoms with Gasteiger partial charge >= 0.3 is 0 Å². The monoisotopic (exact) mass is 500 g/mol. The molecule has 0 aromatic heterocycles. The average Bonchev–Trinajstić information content (AvgIpc) is 2.82. The molecule has 1 aromatic rings. The summed E-state index contributed by atoms with van der Waals surface area (Å²) in [6.07, 6.45) is 7.97. The molecule has 0 aliphatic heterocycles. The summed E-state index contributed by atoms with van der Waals surface area (Å²) < 4.78 is 0. The molecule has 3 heteroatoms. The van der Waals surface area contributed by atoms with Gasteiger partial charge in [-0.3, -0.25) is 14.4 Å². The van der Waals surface area contributed by atoms with E-state index in [4.69, 9.17) is 0 Å². The Morgan fingerprint density at radius 1 is 0.838 bits per heavy atom. The SMILES string of the molecule is C=C(c1ccccc1)C12C(=O)C(CC=C(C)C)C(=O)[C@@](CC=C(C)C)(C[C@H](CC=C(C)C)C1(C)C)C2=O. The highest BCUT2D eigenvalue weighted by Crippen LogP contribution is 2.67. The minimum absolute atomic E-state index is 0.0385. The van der Waals surface area contributed by atoms with Gasteiger partial charge < -0.3 is 0 Å². The highest BCUT2D eigenvalue weighted by molar-refractivity contribution is 6.34. The lowest BCUT2D eigenvalue weighted by molar-refractivity contribution is -0.178. The highest BCUT2D eigenvalue weighted by Gasteiger charge is 2.75. The maximum atomic E-state index is 14.9. The van der Waals surface area contributed by atoms with Crippen molar-refractivity contribution in [3.05, 3.63) is 77.4 Å². The summed E-state index contributed by atoms with van der Waals surface area (Å²) in [5.74, 6) is -1.61. The highest BCUT2D eigenvalue weighted by atomic mass is 16.2. The van der Waals surface area contributed by atoms with Gasteiger partial charge in [0.2, 0.25) is 0 Å². The molecule has 0 N–H and O–H groups in total. The van der Waals surface area contributed by atoms with Crippen LogP contribution in [0, 0.1) is 28.1 Å². The molecule has 2 aliphatic carbocycles. The predicted octanol–water partition coefficient (Wildman–Crippen LogP) is 8.12. The molecule has 0 amide bonds. The van der Waals surface area contributed by atoms with Crippen molar-refractivity contribution >= 4 is 22.9 Å². The van der Waals surface area contributed by atoms with Gasteiger partial charge in [0.1, 0.15) is 5.41 Å². The molecule has 198 valence electrons. The number of ketones is 3. The lowest BCUT2D eigenvalue weighted by Crippen LogP contribution is -2.71. The third-order valence-electron chi connectivity index (χ3n) is 8.84. The summed E-state index contributed by atoms with van der Waals surface area (Å²) in [6.45, 7) is 20.6.